The van der Waals surface area contributed by atoms with Crippen molar-refractivity contribution in [2.24, 2.45) is 0 Å². The molecule has 1 N–H and O–H groups in total. The minimum atomic E-state index is -0.890. The van der Waals surface area contributed by atoms with E-state index in [2.05, 4.69) is 5.32 Å². The molecule has 1 saturated heterocycles. The number of hydrogen-bond acceptors (Lipinski definition) is 3. The van der Waals surface area contributed by atoms with E-state index < -0.39 is 23.5 Å². The van der Waals surface area contributed by atoms with E-state index in [4.69, 9.17) is 0 Å². The van der Waals surface area contributed by atoms with E-state index in [1.807, 2.05) is 22.4 Å². The van der Waals surface area contributed by atoms with Crippen LogP contribution in [0.1, 0.15) is 16.5 Å². The maximum absolute atomic E-state index is 14.2. The molecule has 1 atom stereocenters. The molecule has 0 bridgehead atoms. The first-order valence-corrected chi connectivity index (χ1v) is 7.67. The molecule has 2 aromatic rings. The topological polar surface area (TPSA) is 15.3 Å². The highest BCUT2D eigenvalue weighted by molar-refractivity contribution is 7.10. The normalized spacial score (nSPS) is 17.9. The number of thiophene rings is 1. The van der Waals surface area contributed by atoms with Crippen molar-refractivity contribution >= 4 is 11.3 Å². The van der Waals surface area contributed by atoms with E-state index in [-0.39, 0.29) is 5.56 Å². The van der Waals surface area contributed by atoms with Crippen molar-refractivity contribution in [1.29, 1.82) is 0 Å². The molecule has 0 amide bonds. The van der Waals surface area contributed by atoms with E-state index in [0.29, 0.717) is 13.1 Å². The van der Waals surface area contributed by atoms with Crippen LogP contribution in [0, 0.1) is 17.5 Å². The quantitative estimate of drug-likeness (QED) is 0.936. The van der Waals surface area contributed by atoms with Gasteiger partial charge in [0.1, 0.15) is 17.5 Å². The molecule has 0 aliphatic carbocycles. The zero-order chi connectivity index (χ0) is 14.8. The van der Waals surface area contributed by atoms with Gasteiger partial charge in [-0.1, -0.05) is 6.07 Å². The second-order valence-corrected chi connectivity index (χ2v) is 5.97. The zero-order valence-corrected chi connectivity index (χ0v) is 12.1. The molecule has 1 aromatic carbocycles. The minimum Gasteiger partial charge on any atom is -0.314 e. The third kappa shape index (κ3) is 2.97. The summed E-state index contributed by atoms with van der Waals surface area (Å²) in [5, 5.41) is 5.10. The van der Waals surface area contributed by atoms with Crippen molar-refractivity contribution in [2.45, 2.75) is 6.04 Å². The monoisotopic (exact) mass is 312 g/mol. The highest BCUT2D eigenvalue weighted by Crippen LogP contribution is 2.35. The Morgan fingerprint density at radius 1 is 1.10 bits per heavy atom. The van der Waals surface area contributed by atoms with Gasteiger partial charge in [-0.25, -0.2) is 13.2 Å². The Balaban J connectivity index is 2.07. The second-order valence-electron chi connectivity index (χ2n) is 4.99. The fourth-order valence-electron chi connectivity index (χ4n) is 2.71. The largest absolute Gasteiger partial charge is 0.314 e. The second kappa shape index (κ2) is 6.17. The molecular weight excluding hydrogens is 297 g/mol. The summed E-state index contributed by atoms with van der Waals surface area (Å²) in [6.07, 6.45) is 0. The van der Waals surface area contributed by atoms with Crippen LogP contribution in [-0.4, -0.2) is 31.1 Å². The molecule has 1 aliphatic heterocycles. The van der Waals surface area contributed by atoms with Crippen molar-refractivity contribution in [1.82, 2.24) is 10.2 Å². The first-order valence-electron chi connectivity index (χ1n) is 6.79. The maximum atomic E-state index is 14.2. The lowest BCUT2D eigenvalue weighted by Gasteiger charge is -2.35. The van der Waals surface area contributed by atoms with Crippen LogP contribution in [-0.2, 0) is 0 Å². The lowest BCUT2D eigenvalue weighted by molar-refractivity contribution is 0.194. The van der Waals surface area contributed by atoms with Crippen molar-refractivity contribution in [2.75, 3.05) is 26.2 Å². The van der Waals surface area contributed by atoms with Gasteiger partial charge in [0.2, 0.25) is 0 Å². The van der Waals surface area contributed by atoms with E-state index in [1.54, 1.807) is 0 Å². The third-order valence-electron chi connectivity index (χ3n) is 3.65. The Labute approximate surface area is 125 Å². The number of nitrogens with zero attached hydrogens (tertiary/aromatic N) is 1. The van der Waals surface area contributed by atoms with Gasteiger partial charge in [0.25, 0.3) is 0 Å². The fourth-order valence-corrected chi connectivity index (χ4v) is 3.57. The molecule has 1 aliphatic rings. The van der Waals surface area contributed by atoms with Crippen LogP contribution in [0.15, 0.2) is 29.6 Å². The van der Waals surface area contributed by atoms with Crippen molar-refractivity contribution in [3.63, 3.8) is 0 Å². The molecule has 3 rings (SSSR count). The van der Waals surface area contributed by atoms with Crippen LogP contribution >= 0.6 is 11.3 Å². The highest BCUT2D eigenvalue weighted by atomic mass is 32.1. The first kappa shape index (κ1) is 14.6. The Morgan fingerprint density at radius 3 is 2.33 bits per heavy atom. The van der Waals surface area contributed by atoms with Crippen LogP contribution in [0.2, 0.25) is 0 Å². The van der Waals surface area contributed by atoms with Crippen LogP contribution in [0.4, 0.5) is 13.2 Å². The molecule has 6 heteroatoms. The Kier molecular flexibility index (Phi) is 4.28. The van der Waals surface area contributed by atoms with Gasteiger partial charge >= 0.3 is 0 Å². The van der Waals surface area contributed by atoms with Gasteiger partial charge in [-0.15, -0.1) is 11.3 Å². The average Bonchev–Trinajstić information content (AvgIpc) is 2.97. The molecule has 2 nitrogen and oxygen atoms in total. The number of piperazine rings is 1. The van der Waals surface area contributed by atoms with Gasteiger partial charge in [0, 0.05) is 48.8 Å². The van der Waals surface area contributed by atoms with Crippen molar-refractivity contribution in [3.8, 4) is 0 Å². The van der Waals surface area contributed by atoms with Gasteiger partial charge in [-0.3, -0.25) is 4.90 Å². The van der Waals surface area contributed by atoms with E-state index in [0.717, 1.165) is 30.1 Å². The van der Waals surface area contributed by atoms with Crippen LogP contribution in [0.3, 0.4) is 0 Å². The SMILES string of the molecule is Fc1cc(F)c([C@@H](c2cccs2)N2CCNCC2)c(F)c1. The summed E-state index contributed by atoms with van der Waals surface area (Å²) in [6, 6.07) is 4.71. The van der Waals surface area contributed by atoms with Crippen molar-refractivity contribution < 1.29 is 13.2 Å². The predicted molar refractivity (Wildman–Crippen MR) is 76.9 cm³/mol. The molecule has 0 radical (unpaired) electrons. The van der Waals surface area contributed by atoms with Crippen LogP contribution < -0.4 is 5.32 Å². The predicted octanol–water partition coefficient (Wildman–Crippen LogP) is 3.16. The lowest BCUT2D eigenvalue weighted by atomic mass is 10.0. The number of benzene rings is 1. The summed E-state index contributed by atoms with van der Waals surface area (Å²) >= 11 is 1.45. The summed E-state index contributed by atoms with van der Waals surface area (Å²) in [4.78, 5) is 2.89. The Bertz CT molecular complexity index is 586. The number of halogens is 3. The molecule has 112 valence electrons. The Hall–Kier alpha value is -1.37. The number of rotatable bonds is 3. The lowest BCUT2D eigenvalue weighted by Crippen LogP contribution is -2.45. The van der Waals surface area contributed by atoms with Gasteiger partial charge in [-0.2, -0.15) is 0 Å². The average molecular weight is 312 g/mol. The summed E-state index contributed by atoms with van der Waals surface area (Å²) < 4.78 is 41.5. The number of hydrogen-bond donors (Lipinski definition) is 1. The van der Waals surface area contributed by atoms with E-state index >= 15 is 0 Å². The summed E-state index contributed by atoms with van der Waals surface area (Å²) in [7, 11) is 0. The van der Waals surface area contributed by atoms with Crippen LogP contribution in [0.25, 0.3) is 0 Å². The molecule has 0 saturated carbocycles. The third-order valence-corrected chi connectivity index (χ3v) is 4.57. The molecule has 0 unspecified atom stereocenters. The molecule has 2 heterocycles. The molecule has 21 heavy (non-hydrogen) atoms. The molecular formula is C15H15F3N2S. The van der Waals surface area contributed by atoms with Crippen molar-refractivity contribution in [3.05, 3.63) is 57.5 Å². The molecule has 1 aromatic heterocycles. The zero-order valence-electron chi connectivity index (χ0n) is 11.3. The van der Waals surface area contributed by atoms with Gasteiger partial charge in [-0.05, 0) is 11.4 Å². The van der Waals surface area contributed by atoms with Crippen LogP contribution in [0.5, 0.6) is 0 Å². The standard InChI is InChI=1S/C15H15F3N2S/c16-10-8-11(17)14(12(18)9-10)15(13-2-1-7-21-13)20-5-3-19-4-6-20/h1-2,7-9,15,19H,3-6H2/t15-/m1/s1. The number of nitrogens with one attached hydrogen (secondary N) is 1. The van der Waals surface area contributed by atoms with Gasteiger partial charge in [0.05, 0.1) is 6.04 Å². The fraction of sp³-hybridized carbons (Fsp3) is 0.333. The minimum absolute atomic E-state index is 0.0688. The summed E-state index contributed by atoms with van der Waals surface area (Å²) in [5.74, 6) is -2.55. The van der Waals surface area contributed by atoms with E-state index in [9.17, 15) is 13.2 Å². The van der Waals surface area contributed by atoms with Gasteiger partial charge < -0.3 is 5.32 Å². The highest BCUT2D eigenvalue weighted by Gasteiger charge is 2.30. The van der Waals surface area contributed by atoms with Gasteiger partial charge in [0.15, 0.2) is 0 Å². The maximum Gasteiger partial charge on any atom is 0.134 e. The summed E-state index contributed by atoms with van der Waals surface area (Å²) in [5.41, 5.74) is -0.0688. The Morgan fingerprint density at radius 2 is 1.76 bits per heavy atom. The molecule has 0 spiro atoms. The molecule has 1 fully saturated rings. The smallest absolute Gasteiger partial charge is 0.134 e. The summed E-state index contributed by atoms with van der Waals surface area (Å²) in [6.45, 7) is 2.93. The first-order chi connectivity index (χ1) is 10.2. The van der Waals surface area contributed by atoms with E-state index in [1.165, 1.54) is 11.3 Å².